The Kier molecular flexibility index (Phi) is 5.30. The summed E-state index contributed by atoms with van der Waals surface area (Å²) < 4.78 is 51.7. The van der Waals surface area contributed by atoms with Crippen LogP contribution in [0.25, 0.3) is 0 Å². The maximum atomic E-state index is 13.2. The van der Waals surface area contributed by atoms with Crippen LogP contribution in [0.2, 0.25) is 0 Å². The van der Waals surface area contributed by atoms with E-state index in [1.54, 1.807) is 0 Å². The largest absolute Gasteiger partial charge is 0.465 e. The molecule has 110 valence electrons. The van der Waals surface area contributed by atoms with Gasteiger partial charge in [0.05, 0.1) is 5.56 Å². The van der Waals surface area contributed by atoms with Crippen LogP contribution in [0.4, 0.5) is 22.4 Å². The predicted molar refractivity (Wildman–Crippen MR) is 59.3 cm³/mol. The minimum Gasteiger partial charge on any atom is -0.465 e. The number of hydrogen-bond acceptors (Lipinski definition) is 2. The zero-order valence-electron chi connectivity index (χ0n) is 9.97. The molecule has 1 aromatic rings. The molecule has 2 amide bonds. The van der Waals surface area contributed by atoms with Crippen molar-refractivity contribution < 1.29 is 32.3 Å². The lowest BCUT2D eigenvalue weighted by molar-refractivity contribution is 0.0947. The van der Waals surface area contributed by atoms with Crippen LogP contribution in [0.1, 0.15) is 16.8 Å². The number of carboxylic acid groups (broad SMARTS) is 1. The van der Waals surface area contributed by atoms with E-state index in [9.17, 15) is 27.2 Å². The normalized spacial score (nSPS) is 10.2. The Labute approximate surface area is 110 Å². The van der Waals surface area contributed by atoms with Gasteiger partial charge in [-0.05, 0) is 12.5 Å². The maximum Gasteiger partial charge on any atom is 0.404 e. The van der Waals surface area contributed by atoms with Crippen molar-refractivity contribution in [2.24, 2.45) is 0 Å². The van der Waals surface area contributed by atoms with Crippen molar-refractivity contribution >= 4 is 12.0 Å². The fourth-order valence-corrected chi connectivity index (χ4v) is 1.32. The first-order chi connectivity index (χ1) is 9.34. The van der Waals surface area contributed by atoms with Gasteiger partial charge in [-0.25, -0.2) is 22.4 Å². The van der Waals surface area contributed by atoms with E-state index >= 15 is 0 Å². The molecule has 0 saturated heterocycles. The lowest BCUT2D eigenvalue weighted by atomic mass is 10.1. The number of halogens is 4. The molecule has 20 heavy (non-hydrogen) atoms. The van der Waals surface area contributed by atoms with Crippen LogP contribution < -0.4 is 10.6 Å². The molecule has 3 N–H and O–H groups in total. The first kappa shape index (κ1) is 15.7. The molecule has 0 heterocycles. The summed E-state index contributed by atoms with van der Waals surface area (Å²) >= 11 is 0. The molecule has 0 bridgehead atoms. The van der Waals surface area contributed by atoms with Crippen molar-refractivity contribution in [2.45, 2.75) is 6.42 Å². The van der Waals surface area contributed by atoms with Gasteiger partial charge in [-0.2, -0.15) is 0 Å². The number of carbonyl (C=O) groups is 2. The summed E-state index contributed by atoms with van der Waals surface area (Å²) in [7, 11) is 0. The molecule has 1 rings (SSSR count). The topological polar surface area (TPSA) is 78.4 Å². The van der Waals surface area contributed by atoms with E-state index in [0.29, 0.717) is 0 Å². The molecule has 0 fully saturated rings. The van der Waals surface area contributed by atoms with Crippen molar-refractivity contribution in [3.63, 3.8) is 0 Å². The molecule has 0 aliphatic rings. The molecule has 0 spiro atoms. The molecule has 1 aromatic carbocycles. The van der Waals surface area contributed by atoms with E-state index in [1.165, 1.54) is 0 Å². The van der Waals surface area contributed by atoms with Crippen LogP contribution in [-0.4, -0.2) is 30.2 Å². The summed E-state index contributed by atoms with van der Waals surface area (Å²) in [6.45, 7) is -0.0244. The zero-order valence-corrected chi connectivity index (χ0v) is 9.97. The number of rotatable bonds is 5. The van der Waals surface area contributed by atoms with Gasteiger partial charge in [0.2, 0.25) is 0 Å². The Morgan fingerprint density at radius 3 is 2.20 bits per heavy atom. The minimum atomic E-state index is -2.07. The molecule has 9 heteroatoms. The van der Waals surface area contributed by atoms with E-state index < -0.39 is 40.8 Å². The second kappa shape index (κ2) is 6.73. The van der Waals surface area contributed by atoms with Gasteiger partial charge >= 0.3 is 6.09 Å². The Hall–Kier alpha value is -2.32. The fourth-order valence-electron chi connectivity index (χ4n) is 1.32. The van der Waals surface area contributed by atoms with Crippen LogP contribution in [0, 0.1) is 23.3 Å². The lowest BCUT2D eigenvalue weighted by Gasteiger charge is -2.07. The molecule has 0 radical (unpaired) electrons. The summed E-state index contributed by atoms with van der Waals surface area (Å²) in [6, 6.07) is 0.249. The lowest BCUT2D eigenvalue weighted by Crippen LogP contribution is -2.30. The molecular formula is C11H10F4N2O3. The molecule has 0 aliphatic heterocycles. The second-order valence-electron chi connectivity index (χ2n) is 3.69. The van der Waals surface area contributed by atoms with E-state index in [4.69, 9.17) is 5.11 Å². The molecule has 0 unspecified atom stereocenters. The Balaban J connectivity index is 2.62. The highest BCUT2D eigenvalue weighted by molar-refractivity contribution is 5.94. The monoisotopic (exact) mass is 294 g/mol. The molecule has 0 saturated carbocycles. The van der Waals surface area contributed by atoms with Crippen molar-refractivity contribution in [2.75, 3.05) is 13.1 Å². The summed E-state index contributed by atoms with van der Waals surface area (Å²) in [5.74, 6) is -8.66. The maximum absolute atomic E-state index is 13.2. The summed E-state index contributed by atoms with van der Waals surface area (Å²) in [5.41, 5.74) is -0.965. The quantitative estimate of drug-likeness (QED) is 0.334. The van der Waals surface area contributed by atoms with Gasteiger partial charge in [0.1, 0.15) is 0 Å². The number of hydrogen-bond donors (Lipinski definition) is 3. The molecule has 0 atom stereocenters. The number of amides is 2. The second-order valence-corrected chi connectivity index (χ2v) is 3.69. The zero-order chi connectivity index (χ0) is 15.3. The Bertz CT molecular complexity index is 537. The van der Waals surface area contributed by atoms with Crippen molar-refractivity contribution in [3.05, 3.63) is 34.9 Å². The average Bonchev–Trinajstić information content (AvgIpc) is 2.39. The number of benzene rings is 1. The number of nitrogens with one attached hydrogen (secondary N) is 2. The summed E-state index contributed by atoms with van der Waals surface area (Å²) in [4.78, 5) is 21.5. The van der Waals surface area contributed by atoms with Crippen molar-refractivity contribution in [3.8, 4) is 0 Å². The average molecular weight is 294 g/mol. The standard InChI is InChI=1S/C11H10F4N2O3/c12-6-4-5(7(13)9(15)8(6)14)10(18)16-2-1-3-17-11(19)20/h4,17H,1-3H2,(H,16,18)(H,19,20). The van der Waals surface area contributed by atoms with Crippen LogP contribution in [0.15, 0.2) is 6.07 Å². The molecular weight excluding hydrogens is 284 g/mol. The van der Waals surface area contributed by atoms with Gasteiger partial charge in [-0.15, -0.1) is 0 Å². The Morgan fingerprint density at radius 2 is 1.60 bits per heavy atom. The van der Waals surface area contributed by atoms with Gasteiger partial charge < -0.3 is 15.7 Å². The SMILES string of the molecule is O=C(O)NCCCNC(=O)c1cc(F)c(F)c(F)c1F. The van der Waals surface area contributed by atoms with Crippen LogP contribution in [0.3, 0.4) is 0 Å². The summed E-state index contributed by atoms with van der Waals surface area (Å²) in [5, 5.41) is 12.4. The summed E-state index contributed by atoms with van der Waals surface area (Å²) in [6.07, 6.45) is -1.06. The molecule has 5 nitrogen and oxygen atoms in total. The third kappa shape index (κ3) is 3.84. The highest BCUT2D eigenvalue weighted by Gasteiger charge is 2.22. The van der Waals surface area contributed by atoms with E-state index in [-0.39, 0.29) is 25.6 Å². The van der Waals surface area contributed by atoms with E-state index in [2.05, 4.69) is 5.32 Å². The highest BCUT2D eigenvalue weighted by atomic mass is 19.2. The van der Waals surface area contributed by atoms with Crippen LogP contribution >= 0.6 is 0 Å². The smallest absolute Gasteiger partial charge is 0.404 e. The van der Waals surface area contributed by atoms with Gasteiger partial charge in [0.15, 0.2) is 23.3 Å². The van der Waals surface area contributed by atoms with Crippen molar-refractivity contribution in [1.29, 1.82) is 0 Å². The van der Waals surface area contributed by atoms with Gasteiger partial charge in [-0.1, -0.05) is 0 Å². The van der Waals surface area contributed by atoms with Crippen LogP contribution in [0.5, 0.6) is 0 Å². The first-order valence-corrected chi connectivity index (χ1v) is 5.42. The van der Waals surface area contributed by atoms with Gasteiger partial charge in [-0.3, -0.25) is 4.79 Å². The predicted octanol–water partition coefficient (Wildman–Crippen LogP) is 1.63. The van der Waals surface area contributed by atoms with Gasteiger partial charge in [0, 0.05) is 13.1 Å². The third-order valence-electron chi connectivity index (χ3n) is 2.26. The first-order valence-electron chi connectivity index (χ1n) is 5.42. The highest BCUT2D eigenvalue weighted by Crippen LogP contribution is 2.18. The van der Waals surface area contributed by atoms with Crippen LogP contribution in [-0.2, 0) is 0 Å². The fraction of sp³-hybridized carbons (Fsp3) is 0.273. The Morgan fingerprint density at radius 1 is 1.00 bits per heavy atom. The van der Waals surface area contributed by atoms with Crippen molar-refractivity contribution in [1.82, 2.24) is 10.6 Å². The van der Waals surface area contributed by atoms with E-state index in [1.807, 2.05) is 5.32 Å². The van der Waals surface area contributed by atoms with E-state index in [0.717, 1.165) is 0 Å². The minimum absolute atomic E-state index is 0.0320. The molecule has 0 aromatic heterocycles. The third-order valence-corrected chi connectivity index (χ3v) is 2.26. The molecule has 0 aliphatic carbocycles. The number of carbonyl (C=O) groups excluding carboxylic acids is 1. The van der Waals surface area contributed by atoms with Gasteiger partial charge in [0.25, 0.3) is 5.91 Å².